The minimum absolute atomic E-state index is 0.138. The molecule has 2 aromatic rings. The van der Waals surface area contributed by atoms with Crippen molar-refractivity contribution in [1.82, 2.24) is 4.98 Å². The van der Waals surface area contributed by atoms with Crippen molar-refractivity contribution in [2.24, 2.45) is 4.99 Å². The maximum atomic E-state index is 11.5. The zero-order chi connectivity index (χ0) is 16.4. The summed E-state index contributed by atoms with van der Waals surface area (Å²) in [5, 5.41) is 25.8. The van der Waals surface area contributed by atoms with E-state index in [1.165, 1.54) is 30.5 Å². The number of aromatic nitrogens is 1. The van der Waals surface area contributed by atoms with Crippen LogP contribution < -0.4 is 16.1 Å². The van der Waals surface area contributed by atoms with Crippen molar-refractivity contribution < 1.29 is 4.92 Å². The second kappa shape index (κ2) is 5.61. The van der Waals surface area contributed by atoms with Gasteiger partial charge in [0, 0.05) is 24.4 Å². The summed E-state index contributed by atoms with van der Waals surface area (Å²) < 4.78 is 0. The number of rotatable bonds is 2. The predicted octanol–water partition coefficient (Wildman–Crippen LogP) is 1.67. The molecule has 114 valence electrons. The van der Waals surface area contributed by atoms with Crippen LogP contribution in [0.5, 0.6) is 0 Å². The highest BCUT2D eigenvalue weighted by atomic mass is 16.6. The number of hydrogen-bond donors (Lipinski definition) is 3. The van der Waals surface area contributed by atoms with Gasteiger partial charge in [-0.3, -0.25) is 14.9 Å². The normalized spacial score (nSPS) is 14.3. The number of fused-ring (bicyclic) bond motifs is 1. The summed E-state index contributed by atoms with van der Waals surface area (Å²) >= 11 is 0. The lowest BCUT2D eigenvalue weighted by Gasteiger charge is -2.21. The number of nitrogens with one attached hydrogen (secondary N) is 3. The first-order valence-electron chi connectivity index (χ1n) is 6.56. The largest absolute Gasteiger partial charge is 0.376 e. The quantitative estimate of drug-likeness (QED) is 0.438. The molecule has 23 heavy (non-hydrogen) atoms. The van der Waals surface area contributed by atoms with E-state index < -0.39 is 4.92 Å². The van der Waals surface area contributed by atoms with Gasteiger partial charge >= 0.3 is 0 Å². The fourth-order valence-electron chi connectivity index (χ4n) is 2.31. The number of H-pyrrole nitrogens is 1. The molecule has 0 fully saturated rings. The number of aromatic amines is 1. The molecule has 0 unspecified atom stereocenters. The molecule has 0 saturated carbocycles. The van der Waals surface area contributed by atoms with Crippen molar-refractivity contribution in [3.8, 4) is 17.5 Å². The van der Waals surface area contributed by atoms with E-state index in [2.05, 4.69) is 20.6 Å². The first-order chi connectivity index (χ1) is 11.1. The van der Waals surface area contributed by atoms with Gasteiger partial charge in [-0.25, -0.2) is 0 Å². The number of nitro benzene ring substituents is 1. The van der Waals surface area contributed by atoms with Crippen LogP contribution in [0.3, 0.4) is 0 Å². The molecule has 2 heterocycles. The molecular formula is C14H10N6O3. The number of nitrogens with zero attached hydrogens (tertiary/aromatic N) is 3. The van der Waals surface area contributed by atoms with Crippen molar-refractivity contribution in [2.75, 3.05) is 17.2 Å². The SMILES string of the molecule is N#CN=C1CNc2cc([N+](=O)[O-])c(-c3cc(=O)cc[nH]3)cc2N1. The third kappa shape index (κ3) is 2.73. The highest BCUT2D eigenvalue weighted by Crippen LogP contribution is 2.37. The minimum atomic E-state index is -0.512. The van der Waals surface area contributed by atoms with E-state index in [0.717, 1.165) is 0 Å². The number of benzene rings is 1. The monoisotopic (exact) mass is 310 g/mol. The average Bonchev–Trinajstić information content (AvgIpc) is 2.53. The van der Waals surface area contributed by atoms with Gasteiger partial charge in [-0.2, -0.15) is 10.3 Å². The Hall–Kier alpha value is -3.67. The molecule has 0 spiro atoms. The van der Waals surface area contributed by atoms with Crippen LogP contribution >= 0.6 is 0 Å². The number of anilines is 2. The number of nitro groups is 1. The molecule has 3 rings (SSSR count). The zero-order valence-corrected chi connectivity index (χ0v) is 11.7. The lowest BCUT2D eigenvalue weighted by Crippen LogP contribution is -2.27. The number of hydrogen-bond acceptors (Lipinski definition) is 6. The van der Waals surface area contributed by atoms with Gasteiger partial charge in [0.1, 0.15) is 5.84 Å². The zero-order valence-electron chi connectivity index (χ0n) is 11.7. The van der Waals surface area contributed by atoms with Crippen molar-refractivity contribution in [3.05, 3.63) is 50.8 Å². The van der Waals surface area contributed by atoms with E-state index in [9.17, 15) is 14.9 Å². The topological polar surface area (TPSA) is 136 Å². The first kappa shape index (κ1) is 14.3. The molecule has 3 N–H and O–H groups in total. The third-order valence-corrected chi connectivity index (χ3v) is 3.31. The number of amidine groups is 1. The number of nitriles is 1. The summed E-state index contributed by atoms with van der Waals surface area (Å²) in [6, 6.07) is 5.53. The van der Waals surface area contributed by atoms with E-state index in [-0.39, 0.29) is 23.2 Å². The summed E-state index contributed by atoms with van der Waals surface area (Å²) in [5.74, 6) is 0.404. The van der Waals surface area contributed by atoms with E-state index >= 15 is 0 Å². The Morgan fingerprint density at radius 3 is 2.83 bits per heavy atom. The first-order valence-corrected chi connectivity index (χ1v) is 6.56. The predicted molar refractivity (Wildman–Crippen MR) is 84.3 cm³/mol. The Bertz CT molecular complexity index is 925. The van der Waals surface area contributed by atoms with Gasteiger partial charge in [0.15, 0.2) is 5.43 Å². The molecular weight excluding hydrogens is 300 g/mol. The fraction of sp³-hybridized carbons (Fsp3) is 0.0714. The van der Waals surface area contributed by atoms with Crippen molar-refractivity contribution >= 4 is 22.9 Å². The molecule has 0 atom stereocenters. The van der Waals surface area contributed by atoms with Crippen LogP contribution in [-0.4, -0.2) is 22.3 Å². The summed E-state index contributed by atoms with van der Waals surface area (Å²) in [7, 11) is 0. The Labute approximate surface area is 129 Å². The maximum Gasteiger partial charge on any atom is 0.280 e. The number of aliphatic imine (C=N–C) groups is 1. The molecule has 1 aromatic heterocycles. The van der Waals surface area contributed by atoms with Crippen LogP contribution in [0.2, 0.25) is 0 Å². The van der Waals surface area contributed by atoms with Crippen LogP contribution in [-0.2, 0) is 0 Å². The summed E-state index contributed by atoms with van der Waals surface area (Å²) in [6.45, 7) is 0.263. The summed E-state index contributed by atoms with van der Waals surface area (Å²) in [6.07, 6.45) is 3.11. The molecule has 9 nitrogen and oxygen atoms in total. The van der Waals surface area contributed by atoms with Gasteiger partial charge in [0.2, 0.25) is 6.19 Å². The second-order valence-corrected chi connectivity index (χ2v) is 4.75. The lowest BCUT2D eigenvalue weighted by atomic mass is 10.1. The second-order valence-electron chi connectivity index (χ2n) is 4.75. The van der Waals surface area contributed by atoms with Crippen LogP contribution in [0.25, 0.3) is 11.3 Å². The Balaban J connectivity index is 2.17. The molecule has 0 bridgehead atoms. The van der Waals surface area contributed by atoms with Crippen molar-refractivity contribution in [1.29, 1.82) is 5.26 Å². The Kier molecular flexibility index (Phi) is 3.48. The van der Waals surface area contributed by atoms with Gasteiger partial charge in [-0.15, -0.1) is 0 Å². The standard InChI is InChI=1S/C14H10N6O3/c15-7-18-14-6-17-11-5-13(20(22)23)9(4-12(11)19-14)10-3-8(21)1-2-16-10/h1-5,17H,6H2,(H,16,21)(H,18,19). The van der Waals surface area contributed by atoms with Crippen molar-refractivity contribution in [2.45, 2.75) is 0 Å². The van der Waals surface area contributed by atoms with E-state index in [1.54, 1.807) is 6.19 Å². The smallest absolute Gasteiger partial charge is 0.280 e. The van der Waals surface area contributed by atoms with Gasteiger partial charge < -0.3 is 15.6 Å². The van der Waals surface area contributed by atoms with E-state index in [0.29, 0.717) is 22.9 Å². The minimum Gasteiger partial charge on any atom is -0.376 e. The average molecular weight is 310 g/mol. The maximum absolute atomic E-state index is 11.5. The molecule has 0 saturated heterocycles. The molecule has 0 aliphatic carbocycles. The molecule has 1 aliphatic rings. The highest BCUT2D eigenvalue weighted by molar-refractivity contribution is 6.05. The van der Waals surface area contributed by atoms with Gasteiger partial charge in [0.25, 0.3) is 5.69 Å². The Morgan fingerprint density at radius 2 is 2.13 bits per heavy atom. The van der Waals surface area contributed by atoms with Crippen LogP contribution in [0.1, 0.15) is 0 Å². The van der Waals surface area contributed by atoms with Gasteiger partial charge in [-0.05, 0) is 6.07 Å². The van der Waals surface area contributed by atoms with E-state index in [1.807, 2.05) is 0 Å². The fourth-order valence-corrected chi connectivity index (χ4v) is 2.31. The molecule has 0 radical (unpaired) electrons. The number of pyridine rings is 1. The van der Waals surface area contributed by atoms with Crippen LogP contribution in [0, 0.1) is 21.6 Å². The van der Waals surface area contributed by atoms with Crippen molar-refractivity contribution in [3.63, 3.8) is 0 Å². The summed E-state index contributed by atoms with van der Waals surface area (Å²) in [5.41, 5.74) is 1.26. The van der Waals surface area contributed by atoms with Crippen LogP contribution in [0.15, 0.2) is 40.2 Å². The third-order valence-electron chi connectivity index (χ3n) is 3.31. The van der Waals surface area contributed by atoms with Gasteiger partial charge in [0.05, 0.1) is 34.1 Å². The highest BCUT2D eigenvalue weighted by Gasteiger charge is 2.23. The lowest BCUT2D eigenvalue weighted by molar-refractivity contribution is -0.384. The van der Waals surface area contributed by atoms with Gasteiger partial charge in [-0.1, -0.05) is 0 Å². The molecule has 0 amide bonds. The summed E-state index contributed by atoms with van der Waals surface area (Å²) in [4.78, 5) is 28.8. The molecule has 1 aromatic carbocycles. The van der Waals surface area contributed by atoms with Crippen LogP contribution in [0.4, 0.5) is 17.1 Å². The van der Waals surface area contributed by atoms with E-state index in [4.69, 9.17) is 5.26 Å². The molecule has 1 aliphatic heterocycles. The molecule has 9 heteroatoms. The Morgan fingerprint density at radius 1 is 1.30 bits per heavy atom.